The fraction of sp³-hybridized carbons (Fsp3) is 0.929. The van der Waals surface area contributed by atoms with E-state index in [1.165, 1.54) is 25.7 Å². The minimum Gasteiger partial charge on any atom is -0.378 e. The Morgan fingerprint density at radius 1 is 1.37 bits per heavy atom. The lowest BCUT2D eigenvalue weighted by molar-refractivity contribution is -0.126. The minimum absolute atomic E-state index is 0.103. The van der Waals surface area contributed by atoms with Gasteiger partial charge in [0.25, 0.3) is 0 Å². The molecule has 2 bridgehead atoms. The van der Waals surface area contributed by atoms with Crippen LogP contribution in [0.5, 0.6) is 0 Å². The van der Waals surface area contributed by atoms with E-state index in [9.17, 15) is 4.79 Å². The zero-order chi connectivity index (χ0) is 13.2. The van der Waals surface area contributed by atoms with Gasteiger partial charge < -0.3 is 20.3 Å². The molecule has 3 atom stereocenters. The largest absolute Gasteiger partial charge is 0.378 e. The molecular formula is C14H25N3O2. The SMILES string of the molecule is CN1C2CCC1CC(CNC(=O)C1COCCN1)C2. The summed E-state index contributed by atoms with van der Waals surface area (Å²) in [6.45, 7) is 2.82. The smallest absolute Gasteiger partial charge is 0.239 e. The van der Waals surface area contributed by atoms with Crippen molar-refractivity contribution in [3.8, 4) is 0 Å². The van der Waals surface area contributed by atoms with Crippen molar-refractivity contribution in [1.82, 2.24) is 15.5 Å². The van der Waals surface area contributed by atoms with Gasteiger partial charge in [0.2, 0.25) is 5.91 Å². The van der Waals surface area contributed by atoms with Crippen LogP contribution in [0.3, 0.4) is 0 Å². The molecule has 0 spiro atoms. The Balaban J connectivity index is 1.44. The van der Waals surface area contributed by atoms with E-state index >= 15 is 0 Å². The van der Waals surface area contributed by atoms with E-state index < -0.39 is 0 Å². The third kappa shape index (κ3) is 2.93. The van der Waals surface area contributed by atoms with Gasteiger partial charge in [-0.25, -0.2) is 0 Å². The molecular weight excluding hydrogens is 242 g/mol. The van der Waals surface area contributed by atoms with Gasteiger partial charge in [-0.15, -0.1) is 0 Å². The average molecular weight is 267 g/mol. The first kappa shape index (κ1) is 13.3. The van der Waals surface area contributed by atoms with E-state index in [0.717, 1.165) is 25.2 Å². The van der Waals surface area contributed by atoms with Crippen LogP contribution in [0.1, 0.15) is 25.7 Å². The van der Waals surface area contributed by atoms with Crippen molar-refractivity contribution in [2.24, 2.45) is 5.92 Å². The van der Waals surface area contributed by atoms with Crippen LogP contribution in [0.2, 0.25) is 0 Å². The van der Waals surface area contributed by atoms with Crippen molar-refractivity contribution in [2.75, 3.05) is 33.4 Å². The van der Waals surface area contributed by atoms with Crippen molar-refractivity contribution in [1.29, 1.82) is 0 Å². The second-order valence-electron chi connectivity index (χ2n) is 6.21. The van der Waals surface area contributed by atoms with E-state index in [1.54, 1.807) is 0 Å². The molecule has 3 aliphatic rings. The number of morpholine rings is 1. The summed E-state index contributed by atoms with van der Waals surface area (Å²) in [5.74, 6) is 0.758. The molecule has 3 aliphatic heterocycles. The maximum Gasteiger partial charge on any atom is 0.239 e. The highest BCUT2D eigenvalue weighted by Crippen LogP contribution is 2.36. The van der Waals surface area contributed by atoms with Crippen LogP contribution in [-0.4, -0.2) is 62.3 Å². The summed E-state index contributed by atoms with van der Waals surface area (Å²) >= 11 is 0. The molecule has 19 heavy (non-hydrogen) atoms. The van der Waals surface area contributed by atoms with E-state index in [0.29, 0.717) is 19.1 Å². The number of hydrogen-bond acceptors (Lipinski definition) is 4. The molecule has 108 valence electrons. The van der Waals surface area contributed by atoms with Gasteiger partial charge in [-0.2, -0.15) is 0 Å². The number of carbonyl (C=O) groups excluding carboxylic acids is 1. The van der Waals surface area contributed by atoms with Crippen LogP contribution in [-0.2, 0) is 9.53 Å². The molecule has 3 rings (SSSR count). The predicted octanol–water partition coefficient (Wildman–Crippen LogP) is -0.0362. The Kier molecular flexibility index (Phi) is 4.05. The van der Waals surface area contributed by atoms with Crippen LogP contribution in [0, 0.1) is 5.92 Å². The lowest BCUT2D eigenvalue weighted by Gasteiger charge is -2.36. The molecule has 3 saturated heterocycles. The number of piperidine rings is 1. The summed E-state index contributed by atoms with van der Waals surface area (Å²) < 4.78 is 5.32. The molecule has 0 aromatic rings. The zero-order valence-corrected chi connectivity index (χ0v) is 11.7. The summed E-state index contributed by atoms with van der Waals surface area (Å²) in [6.07, 6.45) is 5.15. The van der Waals surface area contributed by atoms with Crippen LogP contribution < -0.4 is 10.6 Å². The lowest BCUT2D eigenvalue weighted by atomic mass is 9.91. The topological polar surface area (TPSA) is 53.6 Å². The first-order valence-corrected chi connectivity index (χ1v) is 7.55. The second kappa shape index (κ2) is 5.77. The summed E-state index contributed by atoms with van der Waals surface area (Å²) in [4.78, 5) is 14.6. The summed E-state index contributed by atoms with van der Waals surface area (Å²) in [5, 5.41) is 6.30. The highest BCUT2D eigenvalue weighted by Gasteiger charge is 2.38. The Hall–Kier alpha value is -0.650. The molecule has 3 unspecified atom stereocenters. The zero-order valence-electron chi connectivity index (χ0n) is 11.7. The number of amides is 1. The molecule has 0 aromatic heterocycles. The van der Waals surface area contributed by atoms with Gasteiger partial charge in [0, 0.05) is 25.2 Å². The molecule has 0 saturated carbocycles. The third-order valence-corrected chi connectivity index (χ3v) is 5.00. The summed E-state index contributed by atoms with van der Waals surface area (Å²) in [6, 6.07) is 1.34. The van der Waals surface area contributed by atoms with E-state index in [2.05, 4.69) is 22.6 Å². The molecule has 1 amide bonds. The fourth-order valence-electron chi connectivity index (χ4n) is 3.79. The van der Waals surface area contributed by atoms with E-state index in [1.807, 2.05) is 0 Å². The molecule has 0 aliphatic carbocycles. The van der Waals surface area contributed by atoms with Gasteiger partial charge in [-0.1, -0.05) is 0 Å². The van der Waals surface area contributed by atoms with E-state index in [-0.39, 0.29) is 11.9 Å². The number of nitrogens with one attached hydrogen (secondary N) is 2. The molecule has 0 radical (unpaired) electrons. The monoisotopic (exact) mass is 267 g/mol. The minimum atomic E-state index is -0.156. The number of hydrogen-bond donors (Lipinski definition) is 2. The van der Waals surface area contributed by atoms with Crippen LogP contribution in [0.25, 0.3) is 0 Å². The van der Waals surface area contributed by atoms with E-state index in [4.69, 9.17) is 4.74 Å². The Morgan fingerprint density at radius 3 is 2.74 bits per heavy atom. The standard InChI is InChI=1S/C14H25N3O2/c1-17-11-2-3-12(17)7-10(6-11)8-16-14(18)13-9-19-5-4-15-13/h10-13,15H,2-9H2,1H3,(H,16,18). The molecule has 5 nitrogen and oxygen atoms in total. The van der Waals surface area contributed by atoms with Gasteiger partial charge >= 0.3 is 0 Å². The quantitative estimate of drug-likeness (QED) is 0.754. The highest BCUT2D eigenvalue weighted by molar-refractivity contribution is 5.81. The number of rotatable bonds is 3. The average Bonchev–Trinajstić information content (AvgIpc) is 2.68. The number of ether oxygens (including phenoxy) is 1. The number of carbonyl (C=O) groups is 1. The molecule has 0 aromatic carbocycles. The Labute approximate surface area is 115 Å². The van der Waals surface area contributed by atoms with Crippen LogP contribution in [0.4, 0.5) is 0 Å². The lowest BCUT2D eigenvalue weighted by Crippen LogP contribution is -2.52. The molecule has 2 N–H and O–H groups in total. The second-order valence-corrected chi connectivity index (χ2v) is 6.21. The molecule has 3 heterocycles. The van der Waals surface area contributed by atoms with Gasteiger partial charge in [0.15, 0.2) is 0 Å². The van der Waals surface area contributed by atoms with Crippen molar-refractivity contribution >= 4 is 5.91 Å². The highest BCUT2D eigenvalue weighted by atomic mass is 16.5. The fourth-order valence-corrected chi connectivity index (χ4v) is 3.79. The molecule has 5 heteroatoms. The van der Waals surface area contributed by atoms with Crippen LogP contribution >= 0.6 is 0 Å². The van der Waals surface area contributed by atoms with Crippen molar-refractivity contribution in [2.45, 2.75) is 43.8 Å². The number of nitrogens with zero attached hydrogens (tertiary/aromatic N) is 1. The third-order valence-electron chi connectivity index (χ3n) is 5.00. The number of fused-ring (bicyclic) bond motifs is 2. The first-order valence-electron chi connectivity index (χ1n) is 7.55. The van der Waals surface area contributed by atoms with Gasteiger partial charge in [-0.05, 0) is 38.6 Å². The van der Waals surface area contributed by atoms with Crippen LogP contribution in [0.15, 0.2) is 0 Å². The predicted molar refractivity (Wildman–Crippen MR) is 72.9 cm³/mol. The van der Waals surface area contributed by atoms with Gasteiger partial charge in [0.1, 0.15) is 6.04 Å². The van der Waals surface area contributed by atoms with Crippen molar-refractivity contribution in [3.05, 3.63) is 0 Å². The Bertz CT molecular complexity index is 317. The maximum absolute atomic E-state index is 12.0. The Morgan fingerprint density at radius 2 is 2.11 bits per heavy atom. The summed E-state index contributed by atoms with van der Waals surface area (Å²) in [7, 11) is 2.25. The first-order chi connectivity index (χ1) is 9.24. The maximum atomic E-state index is 12.0. The van der Waals surface area contributed by atoms with Crippen molar-refractivity contribution in [3.63, 3.8) is 0 Å². The normalized spacial score (nSPS) is 39.2. The molecule has 3 fully saturated rings. The summed E-state index contributed by atoms with van der Waals surface area (Å²) in [5.41, 5.74) is 0. The van der Waals surface area contributed by atoms with Gasteiger partial charge in [-0.3, -0.25) is 4.79 Å². The van der Waals surface area contributed by atoms with Gasteiger partial charge in [0.05, 0.1) is 13.2 Å². The van der Waals surface area contributed by atoms with Crippen molar-refractivity contribution < 1.29 is 9.53 Å².